The van der Waals surface area contributed by atoms with Crippen molar-refractivity contribution in [1.82, 2.24) is 0 Å². The Labute approximate surface area is 116 Å². The fraction of sp³-hybridized carbons (Fsp3) is 0. The van der Waals surface area contributed by atoms with Crippen molar-refractivity contribution in [2.75, 3.05) is 5.32 Å². The number of hydrogen-bond donors (Lipinski definition) is 2. The number of halogens is 3. The zero-order chi connectivity index (χ0) is 14.0. The average Bonchev–Trinajstić information content (AvgIpc) is 2.32. The average molecular weight is 328 g/mol. The molecule has 0 bridgehead atoms. The number of benzene rings is 2. The van der Waals surface area contributed by atoms with Gasteiger partial charge in [0.1, 0.15) is 17.4 Å². The molecule has 19 heavy (non-hydrogen) atoms. The quantitative estimate of drug-likeness (QED) is 0.826. The van der Waals surface area contributed by atoms with E-state index in [0.29, 0.717) is 0 Å². The summed E-state index contributed by atoms with van der Waals surface area (Å²) in [5, 5.41) is 11.4. The number of rotatable bonds is 2. The van der Waals surface area contributed by atoms with E-state index in [-0.39, 0.29) is 21.5 Å². The Hall–Kier alpha value is -1.95. The van der Waals surface area contributed by atoms with E-state index in [1.54, 1.807) is 0 Å². The van der Waals surface area contributed by atoms with Gasteiger partial charge in [-0.25, -0.2) is 8.78 Å². The first-order valence-corrected chi connectivity index (χ1v) is 6.01. The van der Waals surface area contributed by atoms with Crippen LogP contribution in [0.2, 0.25) is 0 Å². The topological polar surface area (TPSA) is 49.3 Å². The maximum Gasteiger partial charge on any atom is 0.256 e. The van der Waals surface area contributed by atoms with Gasteiger partial charge in [0.15, 0.2) is 0 Å². The van der Waals surface area contributed by atoms with Gasteiger partial charge >= 0.3 is 0 Å². The van der Waals surface area contributed by atoms with Gasteiger partial charge in [-0.1, -0.05) is 0 Å². The summed E-state index contributed by atoms with van der Waals surface area (Å²) in [5.41, 5.74) is 0.105. The van der Waals surface area contributed by atoms with E-state index in [1.165, 1.54) is 18.2 Å². The summed E-state index contributed by atoms with van der Waals surface area (Å²) in [5.74, 6) is -2.07. The number of nitrogens with one attached hydrogen (secondary N) is 1. The fourth-order valence-corrected chi connectivity index (χ4v) is 2.00. The van der Waals surface area contributed by atoms with Crippen molar-refractivity contribution in [1.29, 1.82) is 0 Å². The van der Waals surface area contributed by atoms with Crippen LogP contribution in [0.25, 0.3) is 0 Å². The van der Waals surface area contributed by atoms with E-state index in [2.05, 4.69) is 21.2 Å². The van der Waals surface area contributed by atoms with Crippen molar-refractivity contribution < 1.29 is 18.7 Å². The lowest BCUT2D eigenvalue weighted by molar-refractivity contribution is 0.102. The number of hydrogen-bond acceptors (Lipinski definition) is 2. The molecule has 0 aliphatic heterocycles. The van der Waals surface area contributed by atoms with Gasteiger partial charge in [0.2, 0.25) is 0 Å². The molecule has 0 atom stereocenters. The van der Waals surface area contributed by atoms with Gasteiger partial charge in [0.05, 0.1) is 11.3 Å². The molecule has 0 unspecified atom stereocenters. The van der Waals surface area contributed by atoms with E-state index in [0.717, 1.165) is 18.2 Å². The zero-order valence-electron chi connectivity index (χ0n) is 9.45. The summed E-state index contributed by atoms with van der Waals surface area (Å²) >= 11 is 3.06. The Balaban J connectivity index is 2.25. The SMILES string of the molecule is O=C(Nc1ccc(O)cc1F)c1ccc(F)cc1Br. The predicted octanol–water partition coefficient (Wildman–Crippen LogP) is 3.69. The number of carbonyl (C=O) groups excluding carboxylic acids is 1. The second kappa shape index (κ2) is 5.36. The first-order chi connectivity index (χ1) is 8.97. The second-order valence-electron chi connectivity index (χ2n) is 3.74. The third kappa shape index (κ3) is 3.08. The molecule has 0 heterocycles. The van der Waals surface area contributed by atoms with Gasteiger partial charge in [-0.3, -0.25) is 4.79 Å². The van der Waals surface area contributed by atoms with Gasteiger partial charge < -0.3 is 10.4 Å². The molecule has 0 aliphatic rings. The number of amides is 1. The third-order valence-corrected chi connectivity index (χ3v) is 3.03. The predicted molar refractivity (Wildman–Crippen MR) is 70.1 cm³/mol. The van der Waals surface area contributed by atoms with Crippen LogP contribution in [0.4, 0.5) is 14.5 Å². The second-order valence-corrected chi connectivity index (χ2v) is 4.60. The zero-order valence-corrected chi connectivity index (χ0v) is 11.0. The standard InChI is InChI=1S/C13H8BrF2NO2/c14-10-5-7(15)1-3-9(10)13(19)17-12-4-2-8(18)6-11(12)16/h1-6,18H,(H,17,19). The van der Waals surface area contributed by atoms with Gasteiger partial charge in [0, 0.05) is 10.5 Å². The maximum atomic E-state index is 13.4. The molecule has 98 valence electrons. The van der Waals surface area contributed by atoms with E-state index in [1.807, 2.05) is 0 Å². The van der Waals surface area contributed by atoms with Crippen LogP contribution < -0.4 is 5.32 Å². The highest BCUT2D eigenvalue weighted by atomic mass is 79.9. The summed E-state index contributed by atoms with van der Waals surface area (Å²) in [6.45, 7) is 0. The van der Waals surface area contributed by atoms with Crippen molar-refractivity contribution in [3.63, 3.8) is 0 Å². The lowest BCUT2D eigenvalue weighted by atomic mass is 10.2. The molecule has 0 saturated heterocycles. The Morgan fingerprint density at radius 1 is 1.16 bits per heavy atom. The third-order valence-electron chi connectivity index (χ3n) is 2.38. The first-order valence-electron chi connectivity index (χ1n) is 5.22. The van der Waals surface area contributed by atoms with Crippen molar-refractivity contribution >= 4 is 27.5 Å². The van der Waals surface area contributed by atoms with Gasteiger partial charge in [-0.15, -0.1) is 0 Å². The molecule has 3 nitrogen and oxygen atoms in total. The monoisotopic (exact) mass is 327 g/mol. The van der Waals surface area contributed by atoms with Crippen LogP contribution in [0, 0.1) is 11.6 Å². The number of phenolic OH excluding ortho intramolecular Hbond substituents is 1. The molecule has 2 aromatic carbocycles. The molecule has 0 radical (unpaired) electrons. The van der Waals surface area contributed by atoms with E-state index in [9.17, 15) is 13.6 Å². The Morgan fingerprint density at radius 2 is 1.89 bits per heavy atom. The Bertz CT molecular complexity index is 647. The maximum absolute atomic E-state index is 13.4. The van der Waals surface area contributed by atoms with Crippen LogP contribution in [-0.2, 0) is 0 Å². The van der Waals surface area contributed by atoms with Crippen LogP contribution in [-0.4, -0.2) is 11.0 Å². The highest BCUT2D eigenvalue weighted by Gasteiger charge is 2.13. The van der Waals surface area contributed by atoms with Crippen molar-refractivity contribution in [3.05, 3.63) is 58.1 Å². The normalized spacial score (nSPS) is 10.3. The number of anilines is 1. The van der Waals surface area contributed by atoms with E-state index in [4.69, 9.17) is 5.11 Å². The molecular weight excluding hydrogens is 320 g/mol. The molecule has 0 aromatic heterocycles. The minimum Gasteiger partial charge on any atom is -0.508 e. The molecule has 1 amide bonds. The van der Waals surface area contributed by atoms with Crippen LogP contribution in [0.15, 0.2) is 40.9 Å². The lowest BCUT2D eigenvalue weighted by Crippen LogP contribution is -2.13. The highest BCUT2D eigenvalue weighted by molar-refractivity contribution is 9.10. The highest BCUT2D eigenvalue weighted by Crippen LogP contribution is 2.22. The Kier molecular flexibility index (Phi) is 3.80. The summed E-state index contributed by atoms with van der Waals surface area (Å²) < 4.78 is 26.6. The first kappa shape index (κ1) is 13.5. The molecule has 2 aromatic rings. The Morgan fingerprint density at radius 3 is 2.53 bits per heavy atom. The van der Waals surface area contributed by atoms with Crippen LogP contribution in [0.3, 0.4) is 0 Å². The fourth-order valence-electron chi connectivity index (χ4n) is 1.47. The number of aromatic hydroxyl groups is 1. The summed E-state index contributed by atoms with van der Waals surface area (Å²) in [7, 11) is 0. The van der Waals surface area contributed by atoms with Crippen molar-refractivity contribution in [2.24, 2.45) is 0 Å². The summed E-state index contributed by atoms with van der Waals surface area (Å²) in [4.78, 5) is 11.9. The van der Waals surface area contributed by atoms with Crippen molar-refractivity contribution in [2.45, 2.75) is 0 Å². The van der Waals surface area contributed by atoms with Gasteiger partial charge in [-0.2, -0.15) is 0 Å². The number of carbonyl (C=O) groups is 1. The minimum absolute atomic E-state index is 0.0703. The van der Waals surface area contributed by atoms with Crippen molar-refractivity contribution in [3.8, 4) is 5.75 Å². The number of phenols is 1. The smallest absolute Gasteiger partial charge is 0.256 e. The van der Waals surface area contributed by atoms with Crippen LogP contribution >= 0.6 is 15.9 Å². The molecule has 0 saturated carbocycles. The molecule has 2 N–H and O–H groups in total. The molecule has 2 rings (SSSR count). The summed E-state index contributed by atoms with van der Waals surface area (Å²) in [6.07, 6.45) is 0. The van der Waals surface area contributed by atoms with Crippen LogP contribution in [0.1, 0.15) is 10.4 Å². The van der Waals surface area contributed by atoms with E-state index < -0.39 is 17.5 Å². The molecule has 0 fully saturated rings. The summed E-state index contributed by atoms with van der Waals surface area (Å²) in [6, 6.07) is 6.93. The molecular formula is C13H8BrF2NO2. The van der Waals surface area contributed by atoms with E-state index >= 15 is 0 Å². The van der Waals surface area contributed by atoms with Gasteiger partial charge in [-0.05, 0) is 46.3 Å². The molecule has 6 heteroatoms. The minimum atomic E-state index is -0.758. The van der Waals surface area contributed by atoms with Crippen LogP contribution in [0.5, 0.6) is 5.75 Å². The molecule has 0 spiro atoms. The van der Waals surface area contributed by atoms with Gasteiger partial charge in [0.25, 0.3) is 5.91 Å². The molecule has 0 aliphatic carbocycles. The lowest BCUT2D eigenvalue weighted by Gasteiger charge is -2.08. The largest absolute Gasteiger partial charge is 0.508 e.